The first-order valence-corrected chi connectivity index (χ1v) is 6.26. The van der Waals surface area contributed by atoms with Crippen LogP contribution < -0.4 is 5.73 Å². The van der Waals surface area contributed by atoms with Crippen LogP contribution in [0.1, 0.15) is 5.56 Å². The predicted molar refractivity (Wildman–Crippen MR) is 66.7 cm³/mol. The number of anilines is 1. The van der Waals surface area contributed by atoms with Gasteiger partial charge in [0.05, 0.1) is 12.9 Å². The van der Waals surface area contributed by atoms with Crippen molar-refractivity contribution in [3.63, 3.8) is 0 Å². The van der Waals surface area contributed by atoms with Crippen LogP contribution in [-0.2, 0) is 15.3 Å². The van der Waals surface area contributed by atoms with E-state index < -0.39 is 0 Å². The van der Waals surface area contributed by atoms with Crippen molar-refractivity contribution in [2.45, 2.75) is 5.75 Å². The van der Waals surface area contributed by atoms with E-state index in [4.69, 9.17) is 5.73 Å². The van der Waals surface area contributed by atoms with Gasteiger partial charge in [0, 0.05) is 15.9 Å². The number of methoxy groups -OCH3 is 1. The first-order valence-electron chi connectivity index (χ1n) is 4.31. The highest BCUT2D eigenvalue weighted by molar-refractivity contribution is 9.10. The Bertz CT molecular complexity index is 337. The second-order valence-electron chi connectivity index (χ2n) is 2.96. The molecule has 82 valence electrons. The molecule has 0 radical (unpaired) electrons. The van der Waals surface area contributed by atoms with Crippen LogP contribution >= 0.6 is 27.7 Å². The van der Waals surface area contributed by atoms with Crippen molar-refractivity contribution in [2.75, 3.05) is 18.6 Å². The molecule has 3 nitrogen and oxygen atoms in total. The van der Waals surface area contributed by atoms with E-state index in [1.54, 1.807) is 0 Å². The van der Waals surface area contributed by atoms with Gasteiger partial charge in [-0.3, -0.25) is 4.79 Å². The Kier molecular flexibility index (Phi) is 4.98. The van der Waals surface area contributed by atoms with Crippen LogP contribution in [0.2, 0.25) is 0 Å². The largest absolute Gasteiger partial charge is 0.468 e. The summed E-state index contributed by atoms with van der Waals surface area (Å²) < 4.78 is 5.50. The summed E-state index contributed by atoms with van der Waals surface area (Å²) in [6, 6.07) is 5.73. The molecule has 0 aromatic heterocycles. The highest BCUT2D eigenvalue weighted by atomic mass is 79.9. The van der Waals surface area contributed by atoms with E-state index in [-0.39, 0.29) is 5.97 Å². The number of thioether (sulfide) groups is 1. The fraction of sp³-hybridized carbons (Fsp3) is 0.300. The van der Waals surface area contributed by atoms with Crippen molar-refractivity contribution in [1.29, 1.82) is 0 Å². The van der Waals surface area contributed by atoms with Gasteiger partial charge in [0.2, 0.25) is 0 Å². The van der Waals surface area contributed by atoms with Gasteiger partial charge in [0.15, 0.2) is 0 Å². The number of ether oxygens (including phenoxy) is 1. The van der Waals surface area contributed by atoms with Gasteiger partial charge in [-0.05, 0) is 23.8 Å². The maximum absolute atomic E-state index is 10.9. The van der Waals surface area contributed by atoms with Crippen molar-refractivity contribution in [2.24, 2.45) is 0 Å². The topological polar surface area (TPSA) is 52.3 Å². The number of carbonyl (C=O) groups is 1. The van der Waals surface area contributed by atoms with Gasteiger partial charge in [-0.25, -0.2) is 0 Å². The van der Waals surface area contributed by atoms with Gasteiger partial charge in [-0.1, -0.05) is 15.9 Å². The molecule has 0 spiro atoms. The lowest BCUT2D eigenvalue weighted by atomic mass is 10.2. The monoisotopic (exact) mass is 289 g/mol. The van der Waals surface area contributed by atoms with Gasteiger partial charge >= 0.3 is 5.97 Å². The van der Waals surface area contributed by atoms with Crippen LogP contribution in [0.4, 0.5) is 5.69 Å². The molecule has 0 aliphatic carbocycles. The maximum atomic E-state index is 10.9. The number of nitrogens with two attached hydrogens (primary N) is 1. The highest BCUT2D eigenvalue weighted by Crippen LogP contribution is 2.20. The Morgan fingerprint density at radius 1 is 1.53 bits per heavy atom. The first kappa shape index (κ1) is 12.4. The second-order valence-corrected chi connectivity index (χ2v) is 4.86. The molecule has 1 rings (SSSR count). The van der Waals surface area contributed by atoms with Crippen LogP contribution in [0.5, 0.6) is 0 Å². The molecule has 1 aromatic rings. The molecule has 0 aliphatic heterocycles. The smallest absolute Gasteiger partial charge is 0.315 e. The Hall–Kier alpha value is -0.680. The van der Waals surface area contributed by atoms with Crippen LogP contribution in [0.25, 0.3) is 0 Å². The normalized spacial score (nSPS) is 10.0. The lowest BCUT2D eigenvalue weighted by Gasteiger charge is -2.03. The van der Waals surface area contributed by atoms with E-state index >= 15 is 0 Å². The Morgan fingerprint density at radius 2 is 2.27 bits per heavy atom. The average molecular weight is 290 g/mol. The quantitative estimate of drug-likeness (QED) is 0.683. The molecule has 0 saturated heterocycles. The molecule has 15 heavy (non-hydrogen) atoms. The third-order valence-electron chi connectivity index (χ3n) is 1.70. The molecule has 2 N–H and O–H groups in total. The summed E-state index contributed by atoms with van der Waals surface area (Å²) in [5.41, 5.74) is 7.50. The third-order valence-corrected chi connectivity index (χ3v) is 3.13. The Morgan fingerprint density at radius 3 is 2.87 bits per heavy atom. The van der Waals surface area contributed by atoms with E-state index in [2.05, 4.69) is 20.7 Å². The van der Waals surface area contributed by atoms with Gasteiger partial charge in [-0.15, -0.1) is 11.8 Å². The number of halogens is 1. The lowest BCUT2D eigenvalue weighted by Crippen LogP contribution is -2.03. The molecule has 0 aliphatic rings. The summed E-state index contributed by atoms with van der Waals surface area (Å²) >= 11 is 4.87. The van der Waals surface area contributed by atoms with E-state index in [0.29, 0.717) is 5.75 Å². The summed E-state index contributed by atoms with van der Waals surface area (Å²) in [7, 11) is 1.39. The molecule has 0 bridgehead atoms. The molecule has 5 heteroatoms. The van der Waals surface area contributed by atoms with Crippen LogP contribution in [0.15, 0.2) is 22.7 Å². The van der Waals surface area contributed by atoms with E-state index in [9.17, 15) is 4.79 Å². The first-order chi connectivity index (χ1) is 7.11. The summed E-state index contributed by atoms with van der Waals surface area (Å²) in [5.74, 6) is 0.907. The third kappa shape index (κ3) is 4.57. The van der Waals surface area contributed by atoms with Crippen LogP contribution in [-0.4, -0.2) is 18.8 Å². The fourth-order valence-corrected chi connectivity index (χ4v) is 2.42. The van der Waals surface area contributed by atoms with Gasteiger partial charge in [0.1, 0.15) is 0 Å². The van der Waals surface area contributed by atoms with E-state index in [0.717, 1.165) is 21.5 Å². The summed E-state index contributed by atoms with van der Waals surface area (Å²) in [4.78, 5) is 10.9. The van der Waals surface area contributed by atoms with Crippen molar-refractivity contribution in [1.82, 2.24) is 0 Å². The zero-order chi connectivity index (χ0) is 11.3. The number of benzene rings is 1. The molecule has 0 heterocycles. The molecule has 0 saturated carbocycles. The minimum atomic E-state index is -0.206. The standard InChI is InChI=1S/C10H12BrNO2S/c1-14-10(13)6-15-5-7-2-8(11)4-9(12)3-7/h2-4H,5-6,12H2,1H3. The van der Waals surface area contributed by atoms with E-state index in [1.165, 1.54) is 18.9 Å². The number of hydrogen-bond acceptors (Lipinski definition) is 4. The molecular formula is C10H12BrNO2S. The van der Waals surface area contributed by atoms with Crippen molar-refractivity contribution in [3.05, 3.63) is 28.2 Å². The molecule has 0 unspecified atom stereocenters. The second kappa shape index (κ2) is 6.02. The number of rotatable bonds is 4. The number of esters is 1. The minimum Gasteiger partial charge on any atom is -0.468 e. The summed E-state index contributed by atoms with van der Waals surface area (Å²) in [6.07, 6.45) is 0. The zero-order valence-electron chi connectivity index (χ0n) is 8.33. The average Bonchev–Trinajstić information content (AvgIpc) is 2.16. The lowest BCUT2D eigenvalue weighted by molar-refractivity contribution is -0.137. The number of carbonyl (C=O) groups excluding carboxylic acids is 1. The van der Waals surface area contributed by atoms with Gasteiger partial charge in [-0.2, -0.15) is 0 Å². The summed E-state index contributed by atoms with van der Waals surface area (Å²) in [6.45, 7) is 0. The van der Waals surface area contributed by atoms with Crippen LogP contribution in [0.3, 0.4) is 0 Å². The molecule has 1 aromatic carbocycles. The minimum absolute atomic E-state index is 0.206. The van der Waals surface area contributed by atoms with Crippen LogP contribution in [0, 0.1) is 0 Å². The fourth-order valence-electron chi connectivity index (χ4n) is 1.07. The van der Waals surface area contributed by atoms with Crippen molar-refractivity contribution in [3.8, 4) is 0 Å². The Balaban J connectivity index is 2.47. The molecular weight excluding hydrogens is 278 g/mol. The van der Waals surface area contributed by atoms with E-state index in [1.807, 2.05) is 18.2 Å². The van der Waals surface area contributed by atoms with Crippen molar-refractivity contribution < 1.29 is 9.53 Å². The predicted octanol–water partition coefficient (Wildman–Crippen LogP) is 2.44. The number of hydrogen-bond donors (Lipinski definition) is 1. The zero-order valence-corrected chi connectivity index (χ0v) is 10.7. The molecule has 0 atom stereocenters. The molecule has 0 fully saturated rings. The van der Waals surface area contributed by atoms with Crippen molar-refractivity contribution >= 4 is 39.3 Å². The highest BCUT2D eigenvalue weighted by Gasteiger charge is 2.02. The van der Waals surface area contributed by atoms with Gasteiger partial charge < -0.3 is 10.5 Å². The van der Waals surface area contributed by atoms with Gasteiger partial charge in [0.25, 0.3) is 0 Å². The maximum Gasteiger partial charge on any atom is 0.315 e. The SMILES string of the molecule is COC(=O)CSCc1cc(N)cc(Br)c1. The Labute approximate surface area is 101 Å². The number of nitrogen functional groups attached to an aromatic ring is 1. The summed E-state index contributed by atoms with van der Waals surface area (Å²) in [5, 5.41) is 0. The molecule has 0 amide bonds.